The lowest BCUT2D eigenvalue weighted by Crippen LogP contribution is -2.48. The summed E-state index contributed by atoms with van der Waals surface area (Å²) < 4.78 is 5.09. The van der Waals surface area contributed by atoms with Crippen molar-refractivity contribution in [2.45, 2.75) is 26.4 Å². The van der Waals surface area contributed by atoms with Gasteiger partial charge >= 0.3 is 0 Å². The van der Waals surface area contributed by atoms with Crippen molar-refractivity contribution in [1.82, 2.24) is 16.0 Å². The summed E-state index contributed by atoms with van der Waals surface area (Å²) in [6.07, 6.45) is 0. The first-order valence-electron chi connectivity index (χ1n) is 6.51. The number of rotatable bonds is 6. The highest BCUT2D eigenvalue weighted by atomic mass is 32.1. The lowest BCUT2D eigenvalue weighted by Gasteiger charge is -2.16. The molecule has 0 heterocycles. The van der Waals surface area contributed by atoms with Crippen LogP contribution in [0.25, 0.3) is 0 Å². The fraction of sp³-hybridized carbons (Fsp3) is 0.429. The second kappa shape index (κ2) is 8.37. The predicted octanol–water partition coefficient (Wildman–Crippen LogP) is 1.18. The molecule has 6 heteroatoms. The molecule has 0 radical (unpaired) electrons. The summed E-state index contributed by atoms with van der Waals surface area (Å²) >= 11 is 5.15. The van der Waals surface area contributed by atoms with Crippen LogP contribution in [0.1, 0.15) is 19.4 Å². The van der Waals surface area contributed by atoms with Gasteiger partial charge in [0.1, 0.15) is 11.8 Å². The summed E-state index contributed by atoms with van der Waals surface area (Å²) in [5.74, 6) is 0.750. The van der Waals surface area contributed by atoms with E-state index in [-0.39, 0.29) is 11.9 Å². The standard InChI is InChI=1S/C14H21N3O2S/c1-4-15-13(18)10(2)17-14(20)16-9-11-5-7-12(19-3)8-6-11/h5-8,10H,4,9H2,1-3H3,(H,15,18)(H2,16,17,20)/t10-/m0/s1. The third kappa shape index (κ3) is 5.44. The Morgan fingerprint density at radius 2 is 1.95 bits per heavy atom. The maximum Gasteiger partial charge on any atom is 0.242 e. The number of hydrogen-bond acceptors (Lipinski definition) is 3. The Balaban J connectivity index is 2.37. The maximum absolute atomic E-state index is 11.5. The first-order valence-corrected chi connectivity index (χ1v) is 6.92. The highest BCUT2D eigenvalue weighted by molar-refractivity contribution is 7.80. The van der Waals surface area contributed by atoms with Crippen LogP contribution in [0, 0.1) is 0 Å². The lowest BCUT2D eigenvalue weighted by atomic mass is 10.2. The van der Waals surface area contributed by atoms with Crippen LogP contribution in [-0.2, 0) is 11.3 Å². The average molecular weight is 295 g/mol. The van der Waals surface area contributed by atoms with Crippen molar-refractivity contribution >= 4 is 23.2 Å². The van der Waals surface area contributed by atoms with Gasteiger partial charge in [-0.15, -0.1) is 0 Å². The fourth-order valence-corrected chi connectivity index (χ4v) is 1.82. The zero-order valence-electron chi connectivity index (χ0n) is 12.0. The van der Waals surface area contributed by atoms with Crippen LogP contribution in [0.4, 0.5) is 0 Å². The average Bonchev–Trinajstić information content (AvgIpc) is 2.45. The quantitative estimate of drug-likeness (QED) is 0.688. The molecule has 0 fully saturated rings. The van der Waals surface area contributed by atoms with Gasteiger partial charge in [-0.2, -0.15) is 0 Å². The molecule has 3 N–H and O–H groups in total. The molecule has 0 aromatic heterocycles. The zero-order chi connectivity index (χ0) is 15.0. The number of hydrogen-bond donors (Lipinski definition) is 3. The van der Waals surface area contributed by atoms with Gasteiger partial charge in [-0.3, -0.25) is 4.79 Å². The van der Waals surface area contributed by atoms with Gasteiger partial charge in [0.05, 0.1) is 7.11 Å². The third-order valence-electron chi connectivity index (χ3n) is 2.70. The Kier molecular flexibility index (Phi) is 6.79. The molecule has 0 aliphatic carbocycles. The summed E-state index contributed by atoms with van der Waals surface area (Å²) in [7, 11) is 1.63. The van der Waals surface area contributed by atoms with Crippen LogP contribution in [0.3, 0.4) is 0 Å². The highest BCUT2D eigenvalue weighted by Gasteiger charge is 2.12. The van der Waals surface area contributed by atoms with Crippen LogP contribution >= 0.6 is 12.2 Å². The van der Waals surface area contributed by atoms with Gasteiger partial charge in [-0.05, 0) is 43.8 Å². The largest absolute Gasteiger partial charge is 0.497 e. The van der Waals surface area contributed by atoms with Gasteiger partial charge < -0.3 is 20.7 Å². The van der Waals surface area contributed by atoms with Crippen molar-refractivity contribution in [2.24, 2.45) is 0 Å². The van der Waals surface area contributed by atoms with Gasteiger partial charge in [0.2, 0.25) is 5.91 Å². The minimum Gasteiger partial charge on any atom is -0.497 e. The molecule has 1 amide bonds. The van der Waals surface area contributed by atoms with E-state index in [2.05, 4.69) is 16.0 Å². The number of ether oxygens (including phenoxy) is 1. The summed E-state index contributed by atoms with van der Waals surface area (Å²) in [5.41, 5.74) is 1.08. The summed E-state index contributed by atoms with van der Waals surface area (Å²) in [6, 6.07) is 7.35. The van der Waals surface area contributed by atoms with E-state index in [4.69, 9.17) is 17.0 Å². The van der Waals surface area contributed by atoms with Crippen molar-refractivity contribution in [1.29, 1.82) is 0 Å². The smallest absolute Gasteiger partial charge is 0.242 e. The van der Waals surface area contributed by atoms with Crippen LogP contribution in [0.5, 0.6) is 5.75 Å². The molecule has 0 unspecified atom stereocenters. The number of benzene rings is 1. The van der Waals surface area contributed by atoms with E-state index in [1.54, 1.807) is 14.0 Å². The molecule has 0 spiro atoms. The number of thiocarbonyl (C=S) groups is 1. The van der Waals surface area contributed by atoms with E-state index in [1.165, 1.54) is 0 Å². The van der Waals surface area contributed by atoms with E-state index in [1.807, 2.05) is 31.2 Å². The van der Waals surface area contributed by atoms with E-state index in [0.717, 1.165) is 11.3 Å². The minimum absolute atomic E-state index is 0.0684. The van der Waals surface area contributed by atoms with Crippen LogP contribution < -0.4 is 20.7 Å². The van der Waals surface area contributed by atoms with Crippen LogP contribution in [0.15, 0.2) is 24.3 Å². The second-order valence-corrected chi connectivity index (χ2v) is 4.70. The summed E-state index contributed by atoms with van der Waals surface area (Å²) in [5, 5.41) is 9.20. The van der Waals surface area contributed by atoms with Crippen molar-refractivity contribution in [3.63, 3.8) is 0 Å². The Labute approximate surface area is 125 Å². The van der Waals surface area contributed by atoms with Crippen LogP contribution in [-0.4, -0.2) is 30.7 Å². The molecule has 1 aromatic rings. The molecule has 1 rings (SSSR count). The Morgan fingerprint density at radius 3 is 2.50 bits per heavy atom. The van der Waals surface area contributed by atoms with E-state index in [0.29, 0.717) is 18.2 Å². The van der Waals surface area contributed by atoms with Gasteiger partial charge in [-0.25, -0.2) is 0 Å². The van der Waals surface area contributed by atoms with Crippen molar-refractivity contribution in [3.8, 4) is 5.75 Å². The molecule has 0 aliphatic rings. The molecule has 0 bridgehead atoms. The Hall–Kier alpha value is -1.82. The van der Waals surface area contributed by atoms with Gasteiger partial charge in [0.15, 0.2) is 5.11 Å². The molecule has 20 heavy (non-hydrogen) atoms. The SMILES string of the molecule is CCNC(=O)[C@H](C)NC(=S)NCc1ccc(OC)cc1. The maximum atomic E-state index is 11.5. The third-order valence-corrected chi connectivity index (χ3v) is 2.97. The van der Waals surface area contributed by atoms with Gasteiger partial charge in [0, 0.05) is 13.1 Å². The van der Waals surface area contributed by atoms with Crippen molar-refractivity contribution in [3.05, 3.63) is 29.8 Å². The topological polar surface area (TPSA) is 62.4 Å². The predicted molar refractivity (Wildman–Crippen MR) is 83.7 cm³/mol. The number of likely N-dealkylation sites (N-methyl/N-ethyl adjacent to an activating group) is 1. The Morgan fingerprint density at radius 1 is 1.30 bits per heavy atom. The zero-order valence-corrected chi connectivity index (χ0v) is 12.8. The molecule has 1 atom stereocenters. The molecule has 0 aliphatic heterocycles. The molecule has 0 saturated heterocycles. The highest BCUT2D eigenvalue weighted by Crippen LogP contribution is 2.10. The van der Waals surface area contributed by atoms with E-state index >= 15 is 0 Å². The lowest BCUT2D eigenvalue weighted by molar-refractivity contribution is -0.122. The molecule has 1 aromatic carbocycles. The first kappa shape index (κ1) is 16.2. The molecule has 0 saturated carbocycles. The van der Waals surface area contributed by atoms with Crippen molar-refractivity contribution < 1.29 is 9.53 Å². The number of carbonyl (C=O) groups is 1. The van der Waals surface area contributed by atoms with E-state index in [9.17, 15) is 4.79 Å². The number of amides is 1. The van der Waals surface area contributed by atoms with Crippen LogP contribution in [0.2, 0.25) is 0 Å². The first-order chi connectivity index (χ1) is 9.56. The van der Waals surface area contributed by atoms with Gasteiger partial charge in [0.25, 0.3) is 0 Å². The normalized spacial score (nSPS) is 11.3. The number of methoxy groups -OCH3 is 1. The van der Waals surface area contributed by atoms with Crippen molar-refractivity contribution in [2.75, 3.05) is 13.7 Å². The molecule has 110 valence electrons. The minimum atomic E-state index is -0.356. The second-order valence-electron chi connectivity index (χ2n) is 4.29. The summed E-state index contributed by atoms with van der Waals surface area (Å²) in [6.45, 7) is 4.85. The molecular weight excluding hydrogens is 274 g/mol. The number of nitrogens with one attached hydrogen (secondary N) is 3. The van der Waals surface area contributed by atoms with Gasteiger partial charge in [-0.1, -0.05) is 12.1 Å². The summed E-state index contributed by atoms with van der Waals surface area (Å²) in [4.78, 5) is 11.5. The molecule has 5 nitrogen and oxygen atoms in total. The monoisotopic (exact) mass is 295 g/mol. The fourth-order valence-electron chi connectivity index (χ4n) is 1.57. The number of carbonyl (C=O) groups excluding carboxylic acids is 1. The van der Waals surface area contributed by atoms with E-state index < -0.39 is 0 Å². The molecular formula is C14H21N3O2S. The Bertz CT molecular complexity index is 448.